The standard InChI is InChI=1S/C14H19N3O/c1-2-13(16-8-10-17(15)11-9-16)14(18)12-6-4-3-5-7-12/h2-7,13H,1,8-11,15H2. The topological polar surface area (TPSA) is 49.6 Å². The molecule has 1 aromatic carbocycles. The molecule has 0 bridgehead atoms. The van der Waals surface area contributed by atoms with Crippen molar-refractivity contribution in [1.29, 1.82) is 0 Å². The van der Waals surface area contributed by atoms with Gasteiger partial charge in [0, 0.05) is 31.7 Å². The molecule has 0 radical (unpaired) electrons. The summed E-state index contributed by atoms with van der Waals surface area (Å²) in [7, 11) is 0. The number of benzene rings is 1. The summed E-state index contributed by atoms with van der Waals surface area (Å²) in [6, 6.07) is 9.11. The van der Waals surface area contributed by atoms with Gasteiger partial charge in [-0.1, -0.05) is 36.4 Å². The number of carbonyl (C=O) groups excluding carboxylic acids is 1. The SMILES string of the molecule is C=CC(C(=O)c1ccccc1)N1CCN(N)CC1. The average molecular weight is 245 g/mol. The molecule has 2 N–H and O–H groups in total. The summed E-state index contributed by atoms with van der Waals surface area (Å²) in [5.41, 5.74) is 0.734. The first-order valence-corrected chi connectivity index (χ1v) is 6.18. The van der Waals surface area contributed by atoms with Gasteiger partial charge in [-0.25, -0.2) is 5.01 Å². The Morgan fingerprint density at radius 3 is 2.39 bits per heavy atom. The Morgan fingerprint density at radius 2 is 1.83 bits per heavy atom. The Balaban J connectivity index is 2.09. The van der Waals surface area contributed by atoms with Crippen LogP contribution in [0.3, 0.4) is 0 Å². The normalized spacial score (nSPS) is 19.4. The van der Waals surface area contributed by atoms with E-state index in [-0.39, 0.29) is 11.8 Å². The van der Waals surface area contributed by atoms with Crippen molar-refractivity contribution in [2.45, 2.75) is 6.04 Å². The minimum atomic E-state index is -0.249. The number of hydrogen-bond donors (Lipinski definition) is 1. The van der Waals surface area contributed by atoms with Crippen LogP contribution in [-0.2, 0) is 0 Å². The van der Waals surface area contributed by atoms with Crippen LogP contribution in [0, 0.1) is 0 Å². The van der Waals surface area contributed by atoms with Crippen LogP contribution >= 0.6 is 0 Å². The number of nitrogens with zero attached hydrogens (tertiary/aromatic N) is 2. The maximum absolute atomic E-state index is 12.4. The molecule has 1 fully saturated rings. The molecule has 1 aliphatic rings. The van der Waals surface area contributed by atoms with Gasteiger partial charge in [0.2, 0.25) is 0 Å². The Labute approximate surface area is 108 Å². The van der Waals surface area contributed by atoms with Crippen LogP contribution in [0.1, 0.15) is 10.4 Å². The molecule has 18 heavy (non-hydrogen) atoms. The van der Waals surface area contributed by atoms with E-state index in [1.165, 1.54) is 0 Å². The number of Topliss-reactive ketones (excluding diaryl/α,β-unsaturated/α-hetero) is 1. The molecule has 0 aromatic heterocycles. The zero-order valence-electron chi connectivity index (χ0n) is 10.5. The van der Waals surface area contributed by atoms with Crippen LogP contribution < -0.4 is 5.84 Å². The van der Waals surface area contributed by atoms with E-state index in [9.17, 15) is 4.79 Å². The van der Waals surface area contributed by atoms with Gasteiger partial charge in [0.05, 0.1) is 6.04 Å². The van der Waals surface area contributed by atoms with Crippen LogP contribution in [-0.4, -0.2) is 47.9 Å². The lowest BCUT2D eigenvalue weighted by atomic mass is 10.0. The highest BCUT2D eigenvalue weighted by Crippen LogP contribution is 2.12. The molecule has 2 rings (SSSR count). The lowest BCUT2D eigenvalue weighted by molar-refractivity contribution is 0.0749. The monoisotopic (exact) mass is 245 g/mol. The molecule has 0 saturated carbocycles. The van der Waals surface area contributed by atoms with Gasteiger partial charge in [-0.15, -0.1) is 6.58 Å². The number of nitrogens with two attached hydrogens (primary N) is 1. The van der Waals surface area contributed by atoms with Crippen molar-refractivity contribution < 1.29 is 4.79 Å². The van der Waals surface area contributed by atoms with Crippen molar-refractivity contribution in [1.82, 2.24) is 9.91 Å². The summed E-state index contributed by atoms with van der Waals surface area (Å²) in [4.78, 5) is 14.5. The van der Waals surface area contributed by atoms with Crippen LogP contribution in [0.2, 0.25) is 0 Å². The molecular weight excluding hydrogens is 226 g/mol. The highest BCUT2D eigenvalue weighted by atomic mass is 16.1. The molecule has 1 aliphatic heterocycles. The van der Waals surface area contributed by atoms with Gasteiger partial charge in [0.15, 0.2) is 5.78 Å². The molecule has 0 amide bonds. The maximum Gasteiger partial charge on any atom is 0.183 e. The average Bonchev–Trinajstić information content (AvgIpc) is 2.42. The van der Waals surface area contributed by atoms with E-state index in [0.717, 1.165) is 31.7 Å². The fourth-order valence-corrected chi connectivity index (χ4v) is 2.21. The zero-order valence-corrected chi connectivity index (χ0v) is 10.5. The first-order valence-electron chi connectivity index (χ1n) is 6.18. The predicted molar refractivity (Wildman–Crippen MR) is 72.1 cm³/mol. The predicted octanol–water partition coefficient (Wildman–Crippen LogP) is 0.915. The van der Waals surface area contributed by atoms with E-state index >= 15 is 0 Å². The second-order valence-corrected chi connectivity index (χ2v) is 4.48. The third-order valence-corrected chi connectivity index (χ3v) is 3.29. The van der Waals surface area contributed by atoms with Crippen LogP contribution in [0.15, 0.2) is 43.0 Å². The van der Waals surface area contributed by atoms with E-state index < -0.39 is 0 Å². The van der Waals surface area contributed by atoms with Crippen molar-refractivity contribution in [3.05, 3.63) is 48.6 Å². The molecule has 96 valence electrons. The fourth-order valence-electron chi connectivity index (χ4n) is 2.21. The van der Waals surface area contributed by atoms with Gasteiger partial charge < -0.3 is 0 Å². The first kappa shape index (κ1) is 13.0. The molecular formula is C14H19N3O. The molecule has 1 saturated heterocycles. The molecule has 4 nitrogen and oxygen atoms in total. The van der Waals surface area contributed by atoms with Gasteiger partial charge in [0.1, 0.15) is 0 Å². The van der Waals surface area contributed by atoms with Crippen LogP contribution in [0.4, 0.5) is 0 Å². The summed E-state index contributed by atoms with van der Waals surface area (Å²) in [6.45, 7) is 6.96. The number of hydrogen-bond acceptors (Lipinski definition) is 4. The smallest absolute Gasteiger partial charge is 0.183 e. The molecule has 0 aliphatic carbocycles. The summed E-state index contributed by atoms with van der Waals surface area (Å²) in [6.07, 6.45) is 1.72. The van der Waals surface area contributed by atoms with Gasteiger partial charge in [-0.3, -0.25) is 15.5 Å². The van der Waals surface area contributed by atoms with Crippen LogP contribution in [0.5, 0.6) is 0 Å². The van der Waals surface area contributed by atoms with Crippen LogP contribution in [0.25, 0.3) is 0 Å². The number of ketones is 1. The van der Waals surface area contributed by atoms with Crippen molar-refractivity contribution in [3.8, 4) is 0 Å². The molecule has 1 unspecified atom stereocenters. The summed E-state index contributed by atoms with van der Waals surface area (Å²) >= 11 is 0. The summed E-state index contributed by atoms with van der Waals surface area (Å²) in [5, 5.41) is 1.78. The summed E-state index contributed by atoms with van der Waals surface area (Å²) in [5.74, 6) is 5.83. The lowest BCUT2D eigenvalue weighted by Crippen LogP contribution is -2.53. The Morgan fingerprint density at radius 1 is 1.22 bits per heavy atom. The third kappa shape index (κ3) is 2.85. The van der Waals surface area contributed by atoms with Crippen molar-refractivity contribution in [2.75, 3.05) is 26.2 Å². The highest BCUT2D eigenvalue weighted by Gasteiger charge is 2.26. The number of piperazine rings is 1. The zero-order chi connectivity index (χ0) is 13.0. The van der Waals surface area contributed by atoms with E-state index in [1.807, 2.05) is 30.3 Å². The van der Waals surface area contributed by atoms with Gasteiger partial charge in [0.25, 0.3) is 0 Å². The second-order valence-electron chi connectivity index (χ2n) is 4.48. The molecule has 1 aromatic rings. The largest absolute Gasteiger partial charge is 0.292 e. The third-order valence-electron chi connectivity index (χ3n) is 3.29. The second kappa shape index (κ2) is 5.91. The van der Waals surface area contributed by atoms with E-state index in [1.54, 1.807) is 11.1 Å². The fraction of sp³-hybridized carbons (Fsp3) is 0.357. The Kier molecular flexibility index (Phi) is 4.25. The summed E-state index contributed by atoms with van der Waals surface area (Å²) < 4.78 is 0. The number of rotatable bonds is 4. The van der Waals surface area contributed by atoms with Crippen molar-refractivity contribution in [3.63, 3.8) is 0 Å². The Hall–Kier alpha value is -1.49. The minimum absolute atomic E-state index is 0.107. The van der Waals surface area contributed by atoms with E-state index in [2.05, 4.69) is 11.5 Å². The quantitative estimate of drug-likeness (QED) is 0.487. The maximum atomic E-state index is 12.4. The van der Waals surface area contributed by atoms with Gasteiger partial charge >= 0.3 is 0 Å². The molecule has 1 heterocycles. The molecule has 4 heteroatoms. The Bertz CT molecular complexity index is 410. The van der Waals surface area contributed by atoms with Crippen molar-refractivity contribution in [2.24, 2.45) is 5.84 Å². The van der Waals surface area contributed by atoms with E-state index in [0.29, 0.717) is 0 Å². The molecule has 1 atom stereocenters. The number of carbonyl (C=O) groups is 1. The first-order chi connectivity index (χ1) is 8.72. The lowest BCUT2D eigenvalue weighted by Gasteiger charge is -2.35. The number of hydrazine groups is 1. The van der Waals surface area contributed by atoms with Gasteiger partial charge in [-0.2, -0.15) is 0 Å². The molecule has 0 spiro atoms. The van der Waals surface area contributed by atoms with E-state index in [4.69, 9.17) is 5.84 Å². The van der Waals surface area contributed by atoms with Crippen molar-refractivity contribution >= 4 is 5.78 Å². The highest BCUT2D eigenvalue weighted by molar-refractivity contribution is 6.01. The van der Waals surface area contributed by atoms with Gasteiger partial charge in [-0.05, 0) is 0 Å². The minimum Gasteiger partial charge on any atom is -0.292 e.